The van der Waals surface area contributed by atoms with Gasteiger partial charge in [-0.2, -0.15) is 0 Å². The molecule has 3 rings (SSSR count). The highest BCUT2D eigenvalue weighted by molar-refractivity contribution is 9.10. The van der Waals surface area contributed by atoms with Crippen LogP contribution in [0.4, 0.5) is 11.4 Å². The first-order chi connectivity index (χ1) is 11.0. The predicted octanol–water partition coefficient (Wildman–Crippen LogP) is 3.81. The van der Waals surface area contributed by atoms with E-state index in [2.05, 4.69) is 27.3 Å². The first-order valence-corrected chi connectivity index (χ1v) is 8.22. The van der Waals surface area contributed by atoms with Crippen LogP contribution in [0.5, 0.6) is 0 Å². The Kier molecular flexibility index (Phi) is 4.22. The Labute approximate surface area is 143 Å². The van der Waals surface area contributed by atoms with Crippen molar-refractivity contribution in [3.05, 3.63) is 58.1 Å². The first-order valence-electron chi connectivity index (χ1n) is 7.42. The lowest BCUT2D eigenvalue weighted by Crippen LogP contribution is -2.35. The van der Waals surface area contributed by atoms with Crippen LogP contribution in [0.3, 0.4) is 0 Å². The molecule has 0 bridgehead atoms. The molecule has 0 spiro atoms. The fourth-order valence-electron chi connectivity index (χ4n) is 2.79. The normalized spacial score (nSPS) is 17.7. The van der Waals surface area contributed by atoms with E-state index in [9.17, 15) is 9.59 Å². The van der Waals surface area contributed by atoms with Crippen LogP contribution in [0.15, 0.2) is 46.9 Å². The van der Waals surface area contributed by atoms with E-state index in [0.717, 1.165) is 21.3 Å². The van der Waals surface area contributed by atoms with Gasteiger partial charge in [-0.05, 0) is 53.5 Å². The Bertz CT molecular complexity index is 788. The van der Waals surface area contributed by atoms with Crippen molar-refractivity contribution in [1.29, 1.82) is 0 Å². The fourth-order valence-corrected chi connectivity index (χ4v) is 3.26. The molecule has 1 aliphatic rings. The van der Waals surface area contributed by atoms with E-state index in [1.807, 2.05) is 44.2 Å². The molecule has 1 heterocycles. The van der Waals surface area contributed by atoms with Crippen molar-refractivity contribution >= 4 is 39.1 Å². The molecule has 23 heavy (non-hydrogen) atoms. The minimum absolute atomic E-state index is 0.160. The molecule has 2 amide bonds. The average Bonchev–Trinajstić information content (AvgIpc) is 2.77. The molecule has 0 saturated carbocycles. The summed E-state index contributed by atoms with van der Waals surface area (Å²) in [5.41, 5.74) is 3.70. The lowest BCUT2D eigenvalue weighted by molar-refractivity contribution is -0.121. The highest BCUT2D eigenvalue weighted by Crippen LogP contribution is 2.31. The fraction of sp³-hybridized carbons (Fsp3) is 0.222. The van der Waals surface area contributed by atoms with Crippen LogP contribution in [0, 0.1) is 13.8 Å². The topological polar surface area (TPSA) is 49.4 Å². The summed E-state index contributed by atoms with van der Waals surface area (Å²) in [5, 5.41) is 3.21. The third-order valence-corrected chi connectivity index (χ3v) is 4.62. The van der Waals surface area contributed by atoms with Gasteiger partial charge in [-0.25, -0.2) is 4.90 Å². The van der Waals surface area contributed by atoms with Crippen LogP contribution in [0.2, 0.25) is 0 Å². The zero-order valence-electron chi connectivity index (χ0n) is 13.0. The average molecular weight is 373 g/mol. The molecule has 1 fully saturated rings. The minimum atomic E-state index is -0.531. The number of halogens is 1. The Morgan fingerprint density at radius 2 is 1.87 bits per heavy atom. The monoisotopic (exact) mass is 372 g/mol. The van der Waals surface area contributed by atoms with E-state index < -0.39 is 6.04 Å². The van der Waals surface area contributed by atoms with E-state index in [0.29, 0.717) is 5.69 Å². The molecule has 1 saturated heterocycles. The summed E-state index contributed by atoms with van der Waals surface area (Å²) in [5.74, 6) is -0.411. The summed E-state index contributed by atoms with van der Waals surface area (Å²) in [6, 6.07) is 12.7. The summed E-state index contributed by atoms with van der Waals surface area (Å²) >= 11 is 3.40. The van der Waals surface area contributed by atoms with Crippen molar-refractivity contribution in [1.82, 2.24) is 0 Å². The lowest BCUT2D eigenvalue weighted by atomic mass is 10.1. The molecule has 0 aromatic heterocycles. The van der Waals surface area contributed by atoms with Crippen LogP contribution in [0.25, 0.3) is 0 Å². The number of benzene rings is 2. The Morgan fingerprint density at radius 3 is 2.57 bits per heavy atom. The van der Waals surface area contributed by atoms with Gasteiger partial charge in [0.2, 0.25) is 5.91 Å². The number of carbonyl (C=O) groups is 2. The largest absolute Gasteiger partial charge is 0.373 e. The van der Waals surface area contributed by atoms with Gasteiger partial charge in [-0.3, -0.25) is 9.59 Å². The van der Waals surface area contributed by atoms with Gasteiger partial charge in [-0.15, -0.1) is 0 Å². The number of amides is 2. The minimum Gasteiger partial charge on any atom is -0.373 e. The smallest absolute Gasteiger partial charge is 0.256 e. The van der Waals surface area contributed by atoms with Crippen molar-refractivity contribution in [2.75, 3.05) is 10.2 Å². The molecule has 2 aromatic carbocycles. The van der Waals surface area contributed by atoms with Crippen molar-refractivity contribution < 1.29 is 9.59 Å². The third kappa shape index (κ3) is 3.01. The number of hydrogen-bond acceptors (Lipinski definition) is 3. The van der Waals surface area contributed by atoms with Gasteiger partial charge in [0.25, 0.3) is 5.91 Å². The number of aryl methyl sites for hydroxylation is 2. The quantitative estimate of drug-likeness (QED) is 0.833. The first kappa shape index (κ1) is 15.7. The molecule has 0 radical (unpaired) electrons. The number of imide groups is 1. The molecule has 0 aliphatic carbocycles. The Hall–Kier alpha value is -2.14. The molecule has 118 valence electrons. The summed E-state index contributed by atoms with van der Waals surface area (Å²) in [7, 11) is 0. The third-order valence-electron chi connectivity index (χ3n) is 3.95. The SMILES string of the molecule is Cc1ccc(NC2CC(=O)N(c3ccccc3Br)C2=O)c(C)c1. The van der Waals surface area contributed by atoms with Crippen LogP contribution >= 0.6 is 15.9 Å². The second-order valence-corrected chi connectivity index (χ2v) is 6.59. The molecule has 1 atom stereocenters. The van der Waals surface area contributed by atoms with Gasteiger partial charge in [0.15, 0.2) is 0 Å². The highest BCUT2D eigenvalue weighted by Gasteiger charge is 2.40. The predicted molar refractivity (Wildman–Crippen MR) is 94.6 cm³/mol. The van der Waals surface area contributed by atoms with Gasteiger partial charge in [0.1, 0.15) is 6.04 Å². The van der Waals surface area contributed by atoms with Crippen LogP contribution < -0.4 is 10.2 Å². The molecule has 2 aromatic rings. The summed E-state index contributed by atoms with van der Waals surface area (Å²) in [6.07, 6.45) is 0.160. The standard InChI is InChI=1S/C18H17BrN2O2/c1-11-7-8-14(12(2)9-11)20-15-10-17(22)21(18(15)23)16-6-4-3-5-13(16)19/h3-9,15,20H,10H2,1-2H3. The van der Waals surface area contributed by atoms with E-state index in [-0.39, 0.29) is 18.2 Å². The molecule has 1 N–H and O–H groups in total. The highest BCUT2D eigenvalue weighted by atomic mass is 79.9. The van der Waals surface area contributed by atoms with Gasteiger partial charge in [0, 0.05) is 10.2 Å². The number of carbonyl (C=O) groups excluding carboxylic acids is 2. The van der Waals surface area contributed by atoms with Crippen LogP contribution in [0.1, 0.15) is 17.5 Å². The second kappa shape index (κ2) is 6.16. The number of nitrogens with zero attached hydrogens (tertiary/aromatic N) is 1. The van der Waals surface area contributed by atoms with Gasteiger partial charge in [0.05, 0.1) is 12.1 Å². The van der Waals surface area contributed by atoms with Crippen LogP contribution in [-0.4, -0.2) is 17.9 Å². The van der Waals surface area contributed by atoms with Crippen molar-refractivity contribution in [2.45, 2.75) is 26.3 Å². The second-order valence-electron chi connectivity index (χ2n) is 5.74. The zero-order chi connectivity index (χ0) is 16.6. The molecular weight excluding hydrogens is 356 g/mol. The van der Waals surface area contributed by atoms with Crippen molar-refractivity contribution in [3.8, 4) is 0 Å². The van der Waals surface area contributed by atoms with E-state index in [4.69, 9.17) is 0 Å². The van der Waals surface area contributed by atoms with Gasteiger partial charge >= 0.3 is 0 Å². The summed E-state index contributed by atoms with van der Waals surface area (Å²) in [6.45, 7) is 4.01. The van der Waals surface area contributed by atoms with Gasteiger partial charge < -0.3 is 5.32 Å². The van der Waals surface area contributed by atoms with Crippen molar-refractivity contribution in [3.63, 3.8) is 0 Å². The van der Waals surface area contributed by atoms with E-state index in [1.165, 1.54) is 4.90 Å². The molecular formula is C18H17BrN2O2. The number of anilines is 2. The van der Waals surface area contributed by atoms with Crippen LogP contribution in [-0.2, 0) is 9.59 Å². The van der Waals surface area contributed by atoms with E-state index >= 15 is 0 Å². The number of nitrogens with one attached hydrogen (secondary N) is 1. The lowest BCUT2D eigenvalue weighted by Gasteiger charge is -2.18. The molecule has 5 heteroatoms. The van der Waals surface area contributed by atoms with Crippen molar-refractivity contribution in [2.24, 2.45) is 0 Å². The molecule has 1 unspecified atom stereocenters. The number of para-hydroxylation sites is 1. The Morgan fingerprint density at radius 1 is 1.13 bits per heavy atom. The van der Waals surface area contributed by atoms with Gasteiger partial charge in [-0.1, -0.05) is 29.8 Å². The zero-order valence-corrected chi connectivity index (χ0v) is 14.6. The molecule has 4 nitrogen and oxygen atoms in total. The Balaban J connectivity index is 1.85. The summed E-state index contributed by atoms with van der Waals surface area (Å²) in [4.78, 5) is 26.2. The molecule has 1 aliphatic heterocycles. The maximum Gasteiger partial charge on any atom is 0.256 e. The van der Waals surface area contributed by atoms with E-state index in [1.54, 1.807) is 6.07 Å². The summed E-state index contributed by atoms with van der Waals surface area (Å²) < 4.78 is 0.730. The number of hydrogen-bond donors (Lipinski definition) is 1. The number of rotatable bonds is 3. The maximum absolute atomic E-state index is 12.7. The maximum atomic E-state index is 12.7.